The summed E-state index contributed by atoms with van der Waals surface area (Å²) in [6.07, 6.45) is 1.21. The minimum Gasteiger partial charge on any atom is -0.494 e. The van der Waals surface area contributed by atoms with Gasteiger partial charge in [-0.1, -0.05) is 23.4 Å². The number of nitrogens with one attached hydrogen (secondary N) is 1. The van der Waals surface area contributed by atoms with Crippen LogP contribution in [-0.2, 0) is 29.5 Å². The molecule has 0 radical (unpaired) electrons. The summed E-state index contributed by atoms with van der Waals surface area (Å²) >= 11 is 0. The molecule has 0 spiro atoms. The van der Waals surface area contributed by atoms with Crippen LogP contribution in [0.25, 0.3) is 11.0 Å². The second kappa shape index (κ2) is 8.21. The van der Waals surface area contributed by atoms with Gasteiger partial charge in [-0.15, -0.1) is 5.10 Å². The van der Waals surface area contributed by atoms with Crippen molar-refractivity contribution in [2.75, 3.05) is 20.3 Å². The molecule has 0 amide bonds. The first-order chi connectivity index (χ1) is 14.1. The van der Waals surface area contributed by atoms with Crippen LogP contribution in [0.3, 0.4) is 0 Å². The molecule has 0 saturated heterocycles. The van der Waals surface area contributed by atoms with Crippen molar-refractivity contribution in [1.82, 2.24) is 20.3 Å². The van der Waals surface area contributed by atoms with Gasteiger partial charge in [0.1, 0.15) is 16.8 Å². The normalized spacial score (nSPS) is 14.4. The molecule has 0 bridgehead atoms. The van der Waals surface area contributed by atoms with Crippen LogP contribution in [0.1, 0.15) is 41.5 Å². The van der Waals surface area contributed by atoms with Crippen molar-refractivity contribution in [2.45, 2.75) is 32.2 Å². The summed E-state index contributed by atoms with van der Waals surface area (Å²) in [6.45, 7) is 3.98. The molecule has 2 aromatic carbocycles. The molecule has 0 saturated carbocycles. The average Bonchev–Trinajstić information content (AvgIpc) is 3.12. The van der Waals surface area contributed by atoms with Gasteiger partial charge in [0, 0.05) is 19.5 Å². The third-order valence-corrected chi connectivity index (χ3v) is 5.54. The number of hydrogen-bond donors (Lipinski definition) is 1. The van der Waals surface area contributed by atoms with Crippen molar-refractivity contribution in [2.24, 2.45) is 7.05 Å². The molecule has 2 heterocycles. The van der Waals surface area contributed by atoms with E-state index in [-0.39, 0.29) is 18.3 Å². The Bertz CT molecular complexity index is 1040. The quantitative estimate of drug-likeness (QED) is 0.648. The topological polar surface area (TPSA) is 78.3 Å². The largest absolute Gasteiger partial charge is 0.494 e. The average molecular weight is 394 g/mol. The van der Waals surface area contributed by atoms with Gasteiger partial charge in [0.25, 0.3) is 0 Å². The third-order valence-electron chi connectivity index (χ3n) is 5.54. The number of fused-ring (bicyclic) bond motifs is 2. The predicted molar refractivity (Wildman–Crippen MR) is 110 cm³/mol. The van der Waals surface area contributed by atoms with Crippen molar-refractivity contribution in [3.05, 3.63) is 52.6 Å². The molecule has 29 heavy (non-hydrogen) atoms. The molecule has 1 unspecified atom stereocenters. The maximum Gasteiger partial charge on any atom is 0.306 e. The fourth-order valence-corrected chi connectivity index (χ4v) is 4.21. The monoisotopic (exact) mass is 394 g/mol. The molecule has 1 atom stereocenters. The summed E-state index contributed by atoms with van der Waals surface area (Å²) in [7, 11) is 3.48. The Kier molecular flexibility index (Phi) is 5.49. The molecular weight excluding hydrogens is 368 g/mol. The van der Waals surface area contributed by atoms with E-state index >= 15 is 0 Å². The zero-order valence-corrected chi connectivity index (χ0v) is 17.1. The number of nitrogens with zero attached hydrogens (tertiary/aromatic N) is 3. The number of benzene rings is 2. The highest BCUT2D eigenvalue weighted by Gasteiger charge is 2.26. The smallest absolute Gasteiger partial charge is 0.306 e. The minimum absolute atomic E-state index is 0.137. The first kappa shape index (κ1) is 19.4. The number of carbonyl (C=O) groups is 1. The summed E-state index contributed by atoms with van der Waals surface area (Å²) in [4.78, 5) is 12.5. The van der Waals surface area contributed by atoms with E-state index in [1.54, 1.807) is 11.8 Å². The van der Waals surface area contributed by atoms with Crippen LogP contribution in [0.15, 0.2) is 30.3 Å². The van der Waals surface area contributed by atoms with E-state index in [9.17, 15) is 4.79 Å². The highest BCUT2D eigenvalue weighted by Crippen LogP contribution is 2.37. The Hall–Kier alpha value is -2.93. The number of carbonyl (C=O) groups excluding carboxylic acids is 1. The molecule has 4 rings (SSSR count). The molecule has 0 aliphatic carbocycles. The van der Waals surface area contributed by atoms with Gasteiger partial charge < -0.3 is 14.8 Å². The Labute approximate surface area is 170 Å². The van der Waals surface area contributed by atoms with E-state index in [1.165, 1.54) is 16.7 Å². The number of ether oxygens (including phenoxy) is 2. The molecule has 1 aliphatic rings. The van der Waals surface area contributed by atoms with E-state index in [1.807, 2.05) is 26.1 Å². The Morgan fingerprint density at radius 1 is 1.34 bits per heavy atom. The Morgan fingerprint density at radius 2 is 2.21 bits per heavy atom. The minimum atomic E-state index is -0.206. The van der Waals surface area contributed by atoms with E-state index in [4.69, 9.17) is 9.47 Å². The summed E-state index contributed by atoms with van der Waals surface area (Å²) in [5.74, 6) is 0.356. The molecule has 1 N–H and O–H groups in total. The highest BCUT2D eigenvalue weighted by atomic mass is 16.5. The van der Waals surface area contributed by atoms with E-state index < -0.39 is 0 Å². The second-order valence-electron chi connectivity index (χ2n) is 7.28. The number of esters is 1. The maximum atomic E-state index is 12.5. The highest BCUT2D eigenvalue weighted by molar-refractivity contribution is 5.83. The molecule has 3 aromatic rings. The van der Waals surface area contributed by atoms with E-state index in [2.05, 4.69) is 33.8 Å². The van der Waals surface area contributed by atoms with Crippen molar-refractivity contribution in [1.29, 1.82) is 0 Å². The molecule has 1 aliphatic heterocycles. The Balaban J connectivity index is 1.86. The van der Waals surface area contributed by atoms with Gasteiger partial charge in [-0.3, -0.25) is 4.79 Å². The number of rotatable bonds is 6. The van der Waals surface area contributed by atoms with Crippen LogP contribution in [0.5, 0.6) is 5.75 Å². The summed E-state index contributed by atoms with van der Waals surface area (Å²) in [5, 5.41) is 11.8. The van der Waals surface area contributed by atoms with Crippen LogP contribution in [0.2, 0.25) is 0 Å². The standard InChI is InChI=1S/C22H26N4O3/c1-4-29-21(27)12-18(17-7-5-6-14-13-23-9-8-16(14)17)15-10-19-22(20(11-15)28-3)26(2)25-24-19/h5-7,10-11,18,23H,4,8-9,12-13H2,1-3H3. The van der Waals surface area contributed by atoms with Gasteiger partial charge in [-0.05, 0) is 54.3 Å². The first-order valence-electron chi connectivity index (χ1n) is 9.96. The van der Waals surface area contributed by atoms with E-state index in [0.29, 0.717) is 12.4 Å². The SMILES string of the molecule is CCOC(=O)CC(c1cc(OC)c2c(c1)nnn2C)c1cccc2c1CCNC2. The number of aryl methyl sites for hydroxylation is 1. The number of hydrogen-bond acceptors (Lipinski definition) is 6. The molecule has 1 aromatic heterocycles. The van der Waals surface area contributed by atoms with Crippen LogP contribution in [0.4, 0.5) is 0 Å². The zero-order valence-electron chi connectivity index (χ0n) is 17.1. The predicted octanol–water partition coefficient (Wildman–Crippen LogP) is 2.71. The van der Waals surface area contributed by atoms with Gasteiger partial charge in [0.15, 0.2) is 0 Å². The fraction of sp³-hybridized carbons (Fsp3) is 0.409. The van der Waals surface area contributed by atoms with Gasteiger partial charge in [0.2, 0.25) is 0 Å². The summed E-state index contributed by atoms with van der Waals surface area (Å²) < 4.78 is 12.6. The molecule has 0 fully saturated rings. The van der Waals surface area contributed by atoms with E-state index in [0.717, 1.165) is 36.1 Å². The molecule has 7 heteroatoms. The molecule has 152 valence electrons. The number of aromatic nitrogens is 3. The zero-order chi connectivity index (χ0) is 20.4. The second-order valence-corrected chi connectivity index (χ2v) is 7.28. The van der Waals surface area contributed by atoms with Crippen molar-refractivity contribution in [3.8, 4) is 5.75 Å². The van der Waals surface area contributed by atoms with Crippen LogP contribution < -0.4 is 10.1 Å². The fourth-order valence-electron chi connectivity index (χ4n) is 4.21. The number of methoxy groups -OCH3 is 1. The molecule has 7 nitrogen and oxygen atoms in total. The van der Waals surface area contributed by atoms with Crippen molar-refractivity contribution >= 4 is 17.0 Å². The van der Waals surface area contributed by atoms with Crippen LogP contribution in [-0.4, -0.2) is 41.2 Å². The molecular formula is C22H26N4O3. The van der Waals surface area contributed by atoms with Gasteiger partial charge >= 0.3 is 5.97 Å². The lowest BCUT2D eigenvalue weighted by Gasteiger charge is -2.26. The maximum absolute atomic E-state index is 12.5. The van der Waals surface area contributed by atoms with Crippen molar-refractivity contribution < 1.29 is 14.3 Å². The lowest BCUT2D eigenvalue weighted by Crippen LogP contribution is -2.25. The van der Waals surface area contributed by atoms with Gasteiger partial charge in [0.05, 0.1) is 20.1 Å². The summed E-state index contributed by atoms with van der Waals surface area (Å²) in [6, 6.07) is 10.4. The first-order valence-corrected chi connectivity index (χ1v) is 9.96. The lowest BCUT2D eigenvalue weighted by atomic mass is 9.82. The summed E-state index contributed by atoms with van der Waals surface area (Å²) in [5.41, 5.74) is 6.35. The third kappa shape index (κ3) is 3.70. The van der Waals surface area contributed by atoms with Gasteiger partial charge in [-0.25, -0.2) is 4.68 Å². The Morgan fingerprint density at radius 3 is 3.00 bits per heavy atom. The lowest BCUT2D eigenvalue weighted by molar-refractivity contribution is -0.143. The van der Waals surface area contributed by atoms with Crippen molar-refractivity contribution in [3.63, 3.8) is 0 Å². The van der Waals surface area contributed by atoms with Crippen LogP contribution >= 0.6 is 0 Å². The van der Waals surface area contributed by atoms with Crippen LogP contribution in [0, 0.1) is 0 Å². The van der Waals surface area contributed by atoms with Gasteiger partial charge in [-0.2, -0.15) is 0 Å².